The van der Waals surface area contributed by atoms with E-state index in [2.05, 4.69) is 24.1 Å². The second kappa shape index (κ2) is 4.06. The third kappa shape index (κ3) is 1.90. The average molecular weight is 233 g/mol. The van der Waals surface area contributed by atoms with Crippen molar-refractivity contribution in [2.24, 2.45) is 0 Å². The van der Waals surface area contributed by atoms with E-state index in [0.29, 0.717) is 0 Å². The minimum atomic E-state index is -0.578. The number of benzene rings is 1. The number of likely N-dealkylation sites (N-methyl/N-ethyl adjacent to an activating group) is 1. The van der Waals surface area contributed by atoms with Gasteiger partial charge in [0.2, 0.25) is 0 Å². The van der Waals surface area contributed by atoms with E-state index in [1.54, 1.807) is 0 Å². The number of fused-ring (bicyclic) bond motifs is 1. The molecule has 0 saturated carbocycles. The number of carbonyl (C=O) groups is 1. The molecule has 0 aliphatic carbocycles. The summed E-state index contributed by atoms with van der Waals surface area (Å²) in [5.74, 6) is -0.191. The summed E-state index contributed by atoms with van der Waals surface area (Å²) in [7, 11) is 3.53. The Hall–Kier alpha value is -1.51. The summed E-state index contributed by atoms with van der Waals surface area (Å²) < 4.78 is 4.86. The van der Waals surface area contributed by atoms with Crippen molar-refractivity contribution in [3.63, 3.8) is 0 Å². The van der Waals surface area contributed by atoms with Gasteiger partial charge in [0.1, 0.15) is 0 Å². The molecule has 0 amide bonds. The van der Waals surface area contributed by atoms with Gasteiger partial charge in [0.05, 0.1) is 12.5 Å². The van der Waals surface area contributed by atoms with Crippen LogP contribution in [0, 0.1) is 0 Å². The summed E-state index contributed by atoms with van der Waals surface area (Å²) in [6, 6.07) is 6.26. The second-order valence-corrected chi connectivity index (χ2v) is 5.13. The highest BCUT2D eigenvalue weighted by Crippen LogP contribution is 2.32. The minimum Gasteiger partial charge on any atom is -0.468 e. The van der Waals surface area contributed by atoms with E-state index in [4.69, 9.17) is 4.74 Å². The first-order valence-corrected chi connectivity index (χ1v) is 5.90. The lowest BCUT2D eigenvalue weighted by Gasteiger charge is -2.23. The van der Waals surface area contributed by atoms with E-state index in [1.165, 1.54) is 18.4 Å². The first kappa shape index (κ1) is 12.0. The predicted octanol–water partition coefficient (Wildman–Crippen LogP) is 2.13. The van der Waals surface area contributed by atoms with Crippen LogP contribution in [0.2, 0.25) is 0 Å². The van der Waals surface area contributed by atoms with E-state index in [0.717, 1.165) is 18.5 Å². The molecular formula is C14H19NO2. The topological polar surface area (TPSA) is 29.5 Å². The summed E-state index contributed by atoms with van der Waals surface area (Å²) >= 11 is 0. The van der Waals surface area contributed by atoms with Crippen LogP contribution in [-0.2, 0) is 21.4 Å². The average Bonchev–Trinajstić information content (AvgIpc) is 2.69. The molecule has 0 radical (unpaired) electrons. The van der Waals surface area contributed by atoms with Crippen molar-refractivity contribution in [3.05, 3.63) is 29.3 Å². The van der Waals surface area contributed by atoms with Crippen LogP contribution in [-0.4, -0.2) is 26.7 Å². The number of rotatable bonds is 2. The molecule has 3 heteroatoms. The zero-order valence-corrected chi connectivity index (χ0v) is 10.9. The third-order valence-corrected chi connectivity index (χ3v) is 3.62. The Morgan fingerprint density at radius 2 is 2.12 bits per heavy atom. The molecule has 17 heavy (non-hydrogen) atoms. The van der Waals surface area contributed by atoms with Crippen molar-refractivity contribution < 1.29 is 9.53 Å². The Bertz CT molecular complexity index is 452. The maximum absolute atomic E-state index is 11.8. The standard InChI is InChI=1S/C14H19NO2/c1-14(2,13(16)17-4)11-5-6-12-10(9-11)7-8-15(12)3/h5-6,9H,7-8H2,1-4H3. The highest BCUT2D eigenvalue weighted by Gasteiger charge is 2.32. The predicted molar refractivity (Wildman–Crippen MR) is 68.5 cm³/mol. The van der Waals surface area contributed by atoms with Gasteiger partial charge in [-0.25, -0.2) is 0 Å². The molecule has 2 rings (SSSR count). The molecule has 0 spiro atoms. The fourth-order valence-electron chi connectivity index (χ4n) is 2.33. The van der Waals surface area contributed by atoms with Crippen molar-refractivity contribution in [2.45, 2.75) is 25.7 Å². The van der Waals surface area contributed by atoms with Crippen molar-refractivity contribution in [3.8, 4) is 0 Å². The number of esters is 1. The molecule has 0 saturated heterocycles. The lowest BCUT2D eigenvalue weighted by atomic mass is 9.83. The molecule has 1 aromatic carbocycles. The van der Waals surface area contributed by atoms with Crippen molar-refractivity contribution in [1.82, 2.24) is 0 Å². The number of anilines is 1. The molecule has 92 valence electrons. The van der Waals surface area contributed by atoms with Gasteiger partial charge < -0.3 is 9.64 Å². The number of ether oxygens (including phenoxy) is 1. The van der Waals surface area contributed by atoms with Gasteiger partial charge in [0, 0.05) is 19.3 Å². The number of methoxy groups -OCH3 is 1. The Morgan fingerprint density at radius 1 is 1.41 bits per heavy atom. The Labute approximate surface area is 102 Å². The van der Waals surface area contributed by atoms with E-state index < -0.39 is 5.41 Å². The van der Waals surface area contributed by atoms with Gasteiger partial charge in [-0.2, -0.15) is 0 Å². The maximum atomic E-state index is 11.8. The third-order valence-electron chi connectivity index (χ3n) is 3.62. The molecule has 0 fully saturated rings. The van der Waals surface area contributed by atoms with Crippen LogP contribution in [0.15, 0.2) is 18.2 Å². The van der Waals surface area contributed by atoms with E-state index in [1.807, 2.05) is 19.9 Å². The Kier molecular flexibility index (Phi) is 2.86. The first-order chi connectivity index (χ1) is 7.96. The van der Waals surface area contributed by atoms with Crippen LogP contribution in [0.3, 0.4) is 0 Å². The molecule has 0 atom stereocenters. The van der Waals surface area contributed by atoms with Crippen LogP contribution in [0.5, 0.6) is 0 Å². The number of carbonyl (C=O) groups excluding carboxylic acids is 1. The van der Waals surface area contributed by atoms with Gasteiger partial charge in [-0.05, 0) is 37.5 Å². The number of nitrogens with zero attached hydrogens (tertiary/aromatic N) is 1. The zero-order valence-electron chi connectivity index (χ0n) is 10.9. The molecule has 0 N–H and O–H groups in total. The molecule has 1 heterocycles. The monoisotopic (exact) mass is 233 g/mol. The van der Waals surface area contributed by atoms with Crippen LogP contribution in [0.25, 0.3) is 0 Å². The van der Waals surface area contributed by atoms with Crippen LogP contribution < -0.4 is 4.90 Å². The summed E-state index contributed by atoms with van der Waals surface area (Å²) in [6.45, 7) is 4.86. The summed E-state index contributed by atoms with van der Waals surface area (Å²) in [6.07, 6.45) is 1.05. The van der Waals surface area contributed by atoms with E-state index >= 15 is 0 Å². The van der Waals surface area contributed by atoms with Gasteiger partial charge in [-0.3, -0.25) is 4.79 Å². The van der Waals surface area contributed by atoms with Crippen molar-refractivity contribution in [1.29, 1.82) is 0 Å². The summed E-state index contributed by atoms with van der Waals surface area (Å²) in [5.41, 5.74) is 3.04. The molecule has 0 aromatic heterocycles. The highest BCUT2D eigenvalue weighted by molar-refractivity contribution is 5.82. The largest absolute Gasteiger partial charge is 0.468 e. The molecule has 0 bridgehead atoms. The highest BCUT2D eigenvalue weighted by atomic mass is 16.5. The van der Waals surface area contributed by atoms with Gasteiger partial charge in [-0.15, -0.1) is 0 Å². The van der Waals surface area contributed by atoms with Gasteiger partial charge in [-0.1, -0.05) is 12.1 Å². The first-order valence-electron chi connectivity index (χ1n) is 5.90. The molecule has 1 aliphatic heterocycles. The van der Waals surface area contributed by atoms with Crippen molar-refractivity contribution in [2.75, 3.05) is 25.6 Å². The van der Waals surface area contributed by atoms with Crippen LogP contribution in [0.4, 0.5) is 5.69 Å². The van der Waals surface area contributed by atoms with Crippen LogP contribution >= 0.6 is 0 Å². The summed E-state index contributed by atoms with van der Waals surface area (Å²) in [5, 5.41) is 0. The molecule has 0 unspecified atom stereocenters. The normalized spacial score (nSPS) is 14.7. The van der Waals surface area contributed by atoms with E-state index in [9.17, 15) is 4.79 Å². The Morgan fingerprint density at radius 3 is 2.76 bits per heavy atom. The summed E-state index contributed by atoms with van der Waals surface area (Å²) in [4.78, 5) is 14.0. The van der Waals surface area contributed by atoms with Gasteiger partial charge >= 0.3 is 5.97 Å². The molecule has 1 aliphatic rings. The zero-order chi connectivity index (χ0) is 12.6. The van der Waals surface area contributed by atoms with Crippen LogP contribution in [0.1, 0.15) is 25.0 Å². The van der Waals surface area contributed by atoms with Gasteiger partial charge in [0.25, 0.3) is 0 Å². The van der Waals surface area contributed by atoms with E-state index in [-0.39, 0.29) is 5.97 Å². The number of hydrogen-bond donors (Lipinski definition) is 0. The lowest BCUT2D eigenvalue weighted by molar-refractivity contribution is -0.146. The number of hydrogen-bond acceptors (Lipinski definition) is 3. The lowest BCUT2D eigenvalue weighted by Crippen LogP contribution is -2.30. The second-order valence-electron chi connectivity index (χ2n) is 5.13. The fourth-order valence-corrected chi connectivity index (χ4v) is 2.33. The minimum absolute atomic E-state index is 0.191. The quantitative estimate of drug-likeness (QED) is 0.733. The molecule has 3 nitrogen and oxygen atoms in total. The maximum Gasteiger partial charge on any atom is 0.315 e. The fraction of sp³-hybridized carbons (Fsp3) is 0.500. The molecular weight excluding hydrogens is 214 g/mol. The van der Waals surface area contributed by atoms with Gasteiger partial charge in [0.15, 0.2) is 0 Å². The Balaban J connectivity index is 2.39. The van der Waals surface area contributed by atoms with Crippen molar-refractivity contribution >= 4 is 11.7 Å². The molecule has 1 aromatic rings. The smallest absolute Gasteiger partial charge is 0.315 e. The SMILES string of the molecule is COC(=O)C(C)(C)c1ccc2c(c1)CCN2C.